The van der Waals surface area contributed by atoms with Crippen LogP contribution in [0.15, 0.2) is 0 Å². The van der Waals surface area contributed by atoms with Gasteiger partial charge in [0.2, 0.25) is 5.91 Å². The lowest BCUT2D eigenvalue weighted by atomic mass is 10.2. The molecule has 0 aromatic carbocycles. The second kappa shape index (κ2) is 6.56. The normalized spacial score (nSPS) is 22.2. The van der Waals surface area contributed by atoms with Gasteiger partial charge in [0, 0.05) is 27.3 Å². The molecule has 0 unspecified atom stereocenters. The van der Waals surface area contributed by atoms with Gasteiger partial charge in [0.1, 0.15) is 0 Å². The Hall–Kier alpha value is -1.14. The van der Waals surface area contributed by atoms with Crippen LogP contribution in [0.2, 0.25) is 0 Å². The summed E-state index contributed by atoms with van der Waals surface area (Å²) in [5.41, 5.74) is 0. The Morgan fingerprint density at radius 3 is 2.06 bits per heavy atom. The van der Waals surface area contributed by atoms with Crippen molar-refractivity contribution in [1.29, 1.82) is 0 Å². The Balaban J connectivity index is 2.45. The molecule has 17 heavy (non-hydrogen) atoms. The van der Waals surface area contributed by atoms with Crippen LogP contribution in [0.4, 0.5) is 0 Å². The van der Waals surface area contributed by atoms with Gasteiger partial charge in [-0.3, -0.25) is 9.59 Å². The van der Waals surface area contributed by atoms with E-state index in [1.807, 2.05) is 0 Å². The standard InChI is InChI=1S/C11H19NO5/c1-16-5-3-12(4-6-17-2)10(13)8-7-9(8)11(14)15/h8-9H,3-7H2,1-2H3,(H,14,15)/t8-,9-/m0/s1. The zero-order valence-corrected chi connectivity index (χ0v) is 10.2. The number of hydrogen-bond donors (Lipinski definition) is 1. The molecule has 1 rings (SSSR count). The highest BCUT2D eigenvalue weighted by molar-refractivity contribution is 5.89. The molecule has 1 fully saturated rings. The van der Waals surface area contributed by atoms with E-state index < -0.39 is 11.9 Å². The van der Waals surface area contributed by atoms with Gasteiger partial charge >= 0.3 is 5.97 Å². The van der Waals surface area contributed by atoms with Crippen molar-refractivity contribution in [2.24, 2.45) is 11.8 Å². The average Bonchev–Trinajstić information content (AvgIpc) is 3.08. The molecular formula is C11H19NO5. The number of aliphatic carboxylic acids is 1. The van der Waals surface area contributed by atoms with Crippen LogP contribution in [0, 0.1) is 11.8 Å². The lowest BCUT2D eigenvalue weighted by Crippen LogP contribution is -2.38. The Bertz CT molecular complexity index is 273. The highest BCUT2D eigenvalue weighted by Gasteiger charge is 2.49. The van der Waals surface area contributed by atoms with E-state index in [4.69, 9.17) is 14.6 Å². The minimum absolute atomic E-state index is 0.105. The third-order valence-corrected chi connectivity index (χ3v) is 2.87. The lowest BCUT2D eigenvalue weighted by molar-refractivity contribution is -0.142. The molecule has 0 aliphatic heterocycles. The van der Waals surface area contributed by atoms with Gasteiger partial charge in [-0.2, -0.15) is 0 Å². The van der Waals surface area contributed by atoms with E-state index in [0.717, 1.165) is 0 Å². The molecule has 98 valence electrons. The first-order chi connectivity index (χ1) is 8.11. The van der Waals surface area contributed by atoms with Gasteiger partial charge in [0.25, 0.3) is 0 Å². The van der Waals surface area contributed by atoms with Crippen molar-refractivity contribution < 1.29 is 24.2 Å². The van der Waals surface area contributed by atoms with Gasteiger partial charge in [0.05, 0.1) is 25.0 Å². The fourth-order valence-electron chi connectivity index (χ4n) is 1.71. The van der Waals surface area contributed by atoms with Gasteiger partial charge < -0.3 is 19.5 Å². The van der Waals surface area contributed by atoms with Gasteiger partial charge in [0.15, 0.2) is 0 Å². The molecule has 6 heteroatoms. The topological polar surface area (TPSA) is 76.1 Å². The van der Waals surface area contributed by atoms with Gasteiger partial charge in [-0.1, -0.05) is 0 Å². The van der Waals surface area contributed by atoms with E-state index in [2.05, 4.69) is 0 Å². The number of carbonyl (C=O) groups excluding carboxylic acids is 1. The van der Waals surface area contributed by atoms with Crippen LogP contribution >= 0.6 is 0 Å². The summed E-state index contributed by atoms with van der Waals surface area (Å²) in [5, 5.41) is 8.79. The van der Waals surface area contributed by atoms with Crippen molar-refractivity contribution in [2.75, 3.05) is 40.5 Å². The van der Waals surface area contributed by atoms with E-state index in [1.165, 1.54) is 0 Å². The number of ether oxygens (including phenoxy) is 2. The minimum Gasteiger partial charge on any atom is -0.481 e. The Morgan fingerprint density at radius 1 is 1.18 bits per heavy atom. The molecule has 0 aromatic rings. The van der Waals surface area contributed by atoms with Gasteiger partial charge in [-0.15, -0.1) is 0 Å². The van der Waals surface area contributed by atoms with Crippen molar-refractivity contribution >= 4 is 11.9 Å². The van der Waals surface area contributed by atoms with E-state index >= 15 is 0 Å². The summed E-state index contributed by atoms with van der Waals surface area (Å²) in [5.74, 6) is -1.86. The van der Waals surface area contributed by atoms with Crippen LogP contribution in [-0.2, 0) is 19.1 Å². The monoisotopic (exact) mass is 245 g/mol. The molecule has 2 atom stereocenters. The predicted octanol–water partition coefficient (Wildman–Crippen LogP) is -0.171. The zero-order chi connectivity index (χ0) is 12.8. The van der Waals surface area contributed by atoms with Crippen molar-refractivity contribution in [2.45, 2.75) is 6.42 Å². The second-order valence-corrected chi connectivity index (χ2v) is 4.10. The summed E-state index contributed by atoms with van der Waals surface area (Å²) in [6.45, 7) is 1.84. The maximum atomic E-state index is 12.0. The molecule has 6 nitrogen and oxygen atoms in total. The molecule has 0 bridgehead atoms. The van der Waals surface area contributed by atoms with Crippen LogP contribution in [-0.4, -0.2) is 62.4 Å². The van der Waals surface area contributed by atoms with E-state index in [1.54, 1.807) is 19.1 Å². The summed E-state index contributed by atoms with van der Waals surface area (Å²) in [6.07, 6.45) is 0.449. The SMILES string of the molecule is COCCN(CCOC)C(=O)[C@H]1C[C@@H]1C(=O)O. The number of carboxylic acid groups (broad SMARTS) is 1. The quantitative estimate of drug-likeness (QED) is 0.642. The van der Waals surface area contributed by atoms with Crippen molar-refractivity contribution in [1.82, 2.24) is 4.90 Å². The van der Waals surface area contributed by atoms with Crippen molar-refractivity contribution in [3.05, 3.63) is 0 Å². The van der Waals surface area contributed by atoms with Crippen LogP contribution in [0.3, 0.4) is 0 Å². The second-order valence-electron chi connectivity index (χ2n) is 4.10. The smallest absolute Gasteiger partial charge is 0.307 e. The minimum atomic E-state index is -0.887. The number of hydrogen-bond acceptors (Lipinski definition) is 4. The number of nitrogens with zero attached hydrogens (tertiary/aromatic N) is 1. The summed E-state index contributed by atoms with van der Waals surface area (Å²) < 4.78 is 9.85. The maximum absolute atomic E-state index is 12.0. The Kier molecular flexibility index (Phi) is 5.37. The molecule has 0 saturated heterocycles. The molecule has 1 aliphatic rings. The molecule has 0 heterocycles. The molecule has 1 saturated carbocycles. The van der Waals surface area contributed by atoms with Crippen molar-refractivity contribution in [3.63, 3.8) is 0 Å². The third kappa shape index (κ3) is 3.98. The molecule has 0 spiro atoms. The number of methoxy groups -OCH3 is 2. The number of rotatable bonds is 8. The lowest BCUT2D eigenvalue weighted by Gasteiger charge is -2.22. The molecule has 0 aromatic heterocycles. The molecule has 1 amide bonds. The Labute approximate surface area is 100 Å². The average molecular weight is 245 g/mol. The van der Waals surface area contributed by atoms with Crippen LogP contribution in [0.25, 0.3) is 0 Å². The van der Waals surface area contributed by atoms with Crippen LogP contribution in [0.1, 0.15) is 6.42 Å². The first kappa shape index (κ1) is 13.9. The molecule has 0 radical (unpaired) electrons. The molecule has 1 N–H and O–H groups in total. The van der Waals surface area contributed by atoms with Crippen LogP contribution in [0.5, 0.6) is 0 Å². The highest BCUT2D eigenvalue weighted by Crippen LogP contribution is 2.40. The maximum Gasteiger partial charge on any atom is 0.307 e. The fraction of sp³-hybridized carbons (Fsp3) is 0.818. The summed E-state index contributed by atoms with van der Waals surface area (Å²) in [7, 11) is 3.13. The summed E-state index contributed by atoms with van der Waals surface area (Å²) >= 11 is 0. The largest absolute Gasteiger partial charge is 0.481 e. The predicted molar refractivity (Wildman–Crippen MR) is 59.6 cm³/mol. The number of carbonyl (C=O) groups is 2. The first-order valence-corrected chi connectivity index (χ1v) is 5.61. The van der Waals surface area contributed by atoms with E-state index in [9.17, 15) is 9.59 Å². The highest BCUT2D eigenvalue weighted by atomic mass is 16.5. The number of carboxylic acids is 1. The van der Waals surface area contributed by atoms with E-state index in [-0.39, 0.29) is 11.8 Å². The fourth-order valence-corrected chi connectivity index (χ4v) is 1.71. The first-order valence-electron chi connectivity index (χ1n) is 5.61. The van der Waals surface area contributed by atoms with Gasteiger partial charge in [-0.05, 0) is 6.42 Å². The summed E-state index contributed by atoms with van der Waals surface area (Å²) in [4.78, 5) is 24.3. The van der Waals surface area contributed by atoms with E-state index in [0.29, 0.717) is 32.7 Å². The van der Waals surface area contributed by atoms with Crippen LogP contribution < -0.4 is 0 Å². The summed E-state index contributed by atoms with van der Waals surface area (Å²) in [6, 6.07) is 0. The zero-order valence-electron chi connectivity index (χ0n) is 10.2. The molecular weight excluding hydrogens is 226 g/mol. The molecule has 1 aliphatic carbocycles. The van der Waals surface area contributed by atoms with Crippen molar-refractivity contribution in [3.8, 4) is 0 Å². The van der Waals surface area contributed by atoms with Gasteiger partial charge in [-0.25, -0.2) is 0 Å². The number of amides is 1. The Morgan fingerprint density at radius 2 is 1.71 bits per heavy atom. The third-order valence-electron chi connectivity index (χ3n) is 2.87.